The van der Waals surface area contributed by atoms with Crippen molar-refractivity contribution in [3.63, 3.8) is 0 Å². The Labute approximate surface area is 84.5 Å². The van der Waals surface area contributed by atoms with E-state index in [9.17, 15) is 0 Å². The molecule has 0 heterocycles. The molecule has 1 aromatic carbocycles. The first-order chi connectivity index (χ1) is 6.09. The van der Waals surface area contributed by atoms with Crippen LogP contribution in [0.1, 0.15) is 16.7 Å². The summed E-state index contributed by atoms with van der Waals surface area (Å²) in [6.45, 7) is 7.77. The summed E-state index contributed by atoms with van der Waals surface area (Å²) in [5, 5.41) is 0.556. The van der Waals surface area contributed by atoms with Gasteiger partial charge in [0.15, 0.2) is 0 Å². The van der Waals surface area contributed by atoms with Crippen molar-refractivity contribution in [3.8, 4) is 0 Å². The first-order valence-electron chi connectivity index (χ1n) is 4.19. The van der Waals surface area contributed by atoms with Crippen molar-refractivity contribution in [1.82, 2.24) is 0 Å². The monoisotopic (exact) mass is 192 g/mol. The van der Waals surface area contributed by atoms with E-state index >= 15 is 0 Å². The average molecular weight is 193 g/mol. The summed E-state index contributed by atoms with van der Waals surface area (Å²) >= 11 is 5.63. The molecule has 0 fully saturated rings. The molecule has 68 valence electrons. The third-order valence-corrected chi connectivity index (χ3v) is 2.00. The number of rotatable bonds is 2. The van der Waals surface area contributed by atoms with E-state index in [2.05, 4.69) is 38.6 Å². The predicted octanol–water partition coefficient (Wildman–Crippen LogP) is 4.07. The van der Waals surface area contributed by atoms with Crippen molar-refractivity contribution in [2.75, 3.05) is 0 Å². The normalized spacial score (nSPS) is 10.7. The summed E-state index contributed by atoms with van der Waals surface area (Å²) in [7, 11) is 0. The average Bonchev–Trinajstić information content (AvgIpc) is 2.02. The molecule has 0 aliphatic carbocycles. The Bertz CT molecular complexity index is 348. The molecule has 0 saturated carbocycles. The predicted molar refractivity (Wildman–Crippen MR) is 59.9 cm³/mol. The van der Waals surface area contributed by atoms with E-state index in [1.165, 1.54) is 16.7 Å². The van der Waals surface area contributed by atoms with Gasteiger partial charge in [0.05, 0.1) is 0 Å². The van der Waals surface area contributed by atoms with Crippen molar-refractivity contribution in [2.45, 2.75) is 13.8 Å². The Morgan fingerprint density at radius 1 is 1.38 bits per heavy atom. The van der Waals surface area contributed by atoms with Gasteiger partial charge in [0, 0.05) is 5.03 Å². The number of benzene rings is 1. The van der Waals surface area contributed by atoms with Gasteiger partial charge in [-0.1, -0.05) is 48.0 Å². The van der Waals surface area contributed by atoms with Crippen LogP contribution >= 0.6 is 11.6 Å². The number of halogens is 1. The fourth-order valence-electron chi connectivity index (χ4n) is 1.19. The van der Waals surface area contributed by atoms with Crippen LogP contribution < -0.4 is 0 Å². The van der Waals surface area contributed by atoms with Gasteiger partial charge in [-0.2, -0.15) is 0 Å². The number of aryl methyl sites for hydroxylation is 2. The third kappa shape index (κ3) is 3.08. The van der Waals surface area contributed by atoms with Crippen molar-refractivity contribution >= 4 is 17.7 Å². The zero-order valence-corrected chi connectivity index (χ0v) is 8.73. The molecule has 0 spiro atoms. The molecule has 0 unspecified atom stereocenters. The lowest BCUT2D eigenvalue weighted by Crippen LogP contribution is -1.81. The zero-order chi connectivity index (χ0) is 9.84. The molecule has 0 aliphatic rings. The standard InChI is InChI=1S/C12H13Cl/c1-9-4-6-12(10(2)8-9)7-5-11(3)13/h4-8H,3H2,1-2H3/b7-5-. The molecule has 0 amide bonds. The summed E-state index contributed by atoms with van der Waals surface area (Å²) in [5.41, 5.74) is 3.72. The molecule has 1 rings (SSSR count). The van der Waals surface area contributed by atoms with Gasteiger partial charge < -0.3 is 0 Å². The smallest absolute Gasteiger partial charge is 0.0334 e. The molecule has 1 heteroatoms. The van der Waals surface area contributed by atoms with Gasteiger partial charge in [0.25, 0.3) is 0 Å². The second-order valence-corrected chi connectivity index (χ2v) is 3.63. The highest BCUT2D eigenvalue weighted by atomic mass is 35.5. The van der Waals surface area contributed by atoms with Gasteiger partial charge in [-0.15, -0.1) is 0 Å². The van der Waals surface area contributed by atoms with E-state index < -0.39 is 0 Å². The van der Waals surface area contributed by atoms with E-state index in [1.54, 1.807) is 6.08 Å². The van der Waals surface area contributed by atoms with E-state index in [4.69, 9.17) is 11.6 Å². The Balaban J connectivity index is 2.96. The highest BCUT2D eigenvalue weighted by Gasteiger charge is 1.93. The molecule has 0 aromatic heterocycles. The summed E-state index contributed by atoms with van der Waals surface area (Å²) < 4.78 is 0. The lowest BCUT2D eigenvalue weighted by molar-refractivity contribution is 1.37. The minimum atomic E-state index is 0.556. The Kier molecular flexibility index (Phi) is 3.32. The van der Waals surface area contributed by atoms with Crippen LogP contribution in [-0.2, 0) is 0 Å². The second kappa shape index (κ2) is 4.29. The van der Waals surface area contributed by atoms with Crippen molar-refractivity contribution in [2.24, 2.45) is 0 Å². The Hall–Kier alpha value is -1.01. The topological polar surface area (TPSA) is 0 Å². The molecule has 0 bridgehead atoms. The molecule has 0 radical (unpaired) electrons. The highest BCUT2D eigenvalue weighted by molar-refractivity contribution is 6.31. The van der Waals surface area contributed by atoms with Gasteiger partial charge in [-0.25, -0.2) is 0 Å². The van der Waals surface area contributed by atoms with E-state index in [1.807, 2.05) is 6.08 Å². The van der Waals surface area contributed by atoms with Gasteiger partial charge in [-0.3, -0.25) is 0 Å². The number of allylic oxidation sites excluding steroid dienone is 2. The van der Waals surface area contributed by atoms with Gasteiger partial charge in [-0.05, 0) is 31.1 Å². The number of hydrogen-bond donors (Lipinski definition) is 0. The number of hydrogen-bond acceptors (Lipinski definition) is 0. The molecular formula is C12H13Cl. The molecule has 0 nitrogen and oxygen atoms in total. The van der Waals surface area contributed by atoms with Crippen LogP contribution in [0.4, 0.5) is 0 Å². The maximum absolute atomic E-state index is 5.63. The molecule has 0 N–H and O–H groups in total. The summed E-state index contributed by atoms with van der Waals surface area (Å²) in [6.07, 6.45) is 3.78. The van der Waals surface area contributed by atoms with Crippen LogP contribution in [0.5, 0.6) is 0 Å². The fraction of sp³-hybridized carbons (Fsp3) is 0.167. The lowest BCUT2D eigenvalue weighted by atomic mass is 10.1. The van der Waals surface area contributed by atoms with E-state index in [0.717, 1.165) is 0 Å². The van der Waals surface area contributed by atoms with Crippen LogP contribution in [0.2, 0.25) is 0 Å². The maximum atomic E-state index is 5.63. The van der Waals surface area contributed by atoms with Crippen LogP contribution in [0.3, 0.4) is 0 Å². The summed E-state index contributed by atoms with van der Waals surface area (Å²) in [5.74, 6) is 0. The maximum Gasteiger partial charge on any atom is 0.0334 e. The van der Waals surface area contributed by atoms with Gasteiger partial charge in [0.2, 0.25) is 0 Å². The van der Waals surface area contributed by atoms with Crippen molar-refractivity contribution < 1.29 is 0 Å². The third-order valence-electron chi connectivity index (χ3n) is 1.87. The fourth-order valence-corrected chi connectivity index (χ4v) is 1.26. The Morgan fingerprint density at radius 3 is 2.62 bits per heavy atom. The molecule has 0 saturated heterocycles. The largest absolute Gasteiger partial charge is 0.0850 e. The first kappa shape index (κ1) is 10.1. The van der Waals surface area contributed by atoms with Gasteiger partial charge in [0.1, 0.15) is 0 Å². The van der Waals surface area contributed by atoms with Crippen molar-refractivity contribution in [1.29, 1.82) is 0 Å². The SMILES string of the molecule is C=C(Cl)/C=C\c1ccc(C)cc1C. The Morgan fingerprint density at radius 2 is 2.08 bits per heavy atom. The van der Waals surface area contributed by atoms with Crippen LogP contribution in [0.25, 0.3) is 6.08 Å². The van der Waals surface area contributed by atoms with E-state index in [-0.39, 0.29) is 0 Å². The molecular weight excluding hydrogens is 180 g/mol. The summed E-state index contributed by atoms with van der Waals surface area (Å²) in [6, 6.07) is 6.32. The van der Waals surface area contributed by atoms with Crippen LogP contribution in [0.15, 0.2) is 35.9 Å². The minimum absolute atomic E-state index is 0.556. The van der Waals surface area contributed by atoms with Crippen LogP contribution in [-0.4, -0.2) is 0 Å². The molecule has 1 aromatic rings. The van der Waals surface area contributed by atoms with Crippen LogP contribution in [0, 0.1) is 13.8 Å². The second-order valence-electron chi connectivity index (χ2n) is 3.14. The van der Waals surface area contributed by atoms with Crippen molar-refractivity contribution in [3.05, 3.63) is 52.6 Å². The van der Waals surface area contributed by atoms with E-state index in [0.29, 0.717) is 5.03 Å². The van der Waals surface area contributed by atoms with Gasteiger partial charge >= 0.3 is 0 Å². The highest BCUT2D eigenvalue weighted by Crippen LogP contribution is 2.13. The summed E-state index contributed by atoms with van der Waals surface area (Å²) in [4.78, 5) is 0. The lowest BCUT2D eigenvalue weighted by Gasteiger charge is -2.00. The quantitative estimate of drug-likeness (QED) is 0.620. The molecule has 0 atom stereocenters. The molecule has 0 aliphatic heterocycles. The zero-order valence-electron chi connectivity index (χ0n) is 7.97. The first-order valence-corrected chi connectivity index (χ1v) is 4.57. The minimum Gasteiger partial charge on any atom is -0.0850 e. The molecule has 13 heavy (non-hydrogen) atoms.